The van der Waals surface area contributed by atoms with Crippen LogP contribution in [0.4, 0.5) is 0 Å². The van der Waals surface area contributed by atoms with E-state index in [1.165, 1.54) is 18.0 Å². The van der Waals surface area contributed by atoms with Gasteiger partial charge in [0.25, 0.3) is 5.91 Å². The van der Waals surface area contributed by atoms with Gasteiger partial charge in [-0.05, 0) is 6.26 Å². The molecule has 1 N–H and O–H groups in total. The Labute approximate surface area is 112 Å². The summed E-state index contributed by atoms with van der Waals surface area (Å²) in [6.07, 6.45) is 3.30. The molecule has 1 amide bonds. The van der Waals surface area contributed by atoms with Crippen LogP contribution < -0.4 is 5.32 Å². The van der Waals surface area contributed by atoms with Gasteiger partial charge in [0.15, 0.2) is 5.04 Å². The second-order valence-corrected chi connectivity index (χ2v) is 5.26. The van der Waals surface area contributed by atoms with Gasteiger partial charge in [0.2, 0.25) is 0 Å². The highest BCUT2D eigenvalue weighted by atomic mass is 32.2. The highest BCUT2D eigenvalue weighted by molar-refractivity contribution is 8.15. The number of carbonyl (C=O) groups excluding carboxylic acids is 1. The molecule has 100 valence electrons. The Balaban J connectivity index is 1.86. The van der Waals surface area contributed by atoms with E-state index in [2.05, 4.69) is 21.8 Å². The molecule has 0 bridgehead atoms. The van der Waals surface area contributed by atoms with E-state index < -0.39 is 0 Å². The molecule has 6 heteroatoms. The lowest BCUT2D eigenvalue weighted by atomic mass is 10.1. The fraction of sp³-hybridized carbons (Fsp3) is 0.667. The maximum Gasteiger partial charge on any atom is 0.279 e. The van der Waals surface area contributed by atoms with E-state index >= 15 is 0 Å². The average molecular weight is 268 g/mol. The van der Waals surface area contributed by atoms with E-state index in [1.807, 2.05) is 11.2 Å². The van der Waals surface area contributed by atoms with Crippen molar-refractivity contribution in [3.05, 3.63) is 12.8 Å². The number of aliphatic imine (C=N–C) groups is 1. The minimum Gasteiger partial charge on any atom is -0.334 e. The van der Waals surface area contributed by atoms with Gasteiger partial charge in [-0.3, -0.25) is 9.69 Å². The quantitative estimate of drug-likeness (QED) is 0.566. The van der Waals surface area contributed by atoms with Crippen LogP contribution in [0.15, 0.2) is 17.8 Å². The summed E-state index contributed by atoms with van der Waals surface area (Å²) >= 11 is 1.38. The lowest BCUT2D eigenvalue weighted by Gasteiger charge is -2.43. The second kappa shape index (κ2) is 6.36. The SMILES string of the molecule is C=CN=C(SC)C(=O)N1CCN(C2CNC2)CC1. The molecular formula is C12H20N4OS. The largest absolute Gasteiger partial charge is 0.334 e. The Hall–Kier alpha value is -0.850. The number of amides is 1. The predicted octanol–water partition coefficient (Wildman–Crippen LogP) is 0.00740. The molecule has 0 aromatic rings. The van der Waals surface area contributed by atoms with Crippen molar-refractivity contribution in [2.24, 2.45) is 4.99 Å². The van der Waals surface area contributed by atoms with Gasteiger partial charge in [-0.25, -0.2) is 4.99 Å². The van der Waals surface area contributed by atoms with Crippen LogP contribution in [0.5, 0.6) is 0 Å². The Bertz CT molecular complexity index is 346. The predicted molar refractivity (Wildman–Crippen MR) is 76.0 cm³/mol. The van der Waals surface area contributed by atoms with Crippen molar-refractivity contribution in [2.75, 3.05) is 45.5 Å². The first-order chi connectivity index (χ1) is 8.76. The molecule has 2 fully saturated rings. The van der Waals surface area contributed by atoms with Crippen molar-refractivity contribution < 1.29 is 4.79 Å². The zero-order valence-electron chi connectivity index (χ0n) is 10.8. The molecular weight excluding hydrogens is 248 g/mol. The summed E-state index contributed by atoms with van der Waals surface area (Å²) < 4.78 is 0. The number of hydrogen-bond acceptors (Lipinski definition) is 5. The van der Waals surface area contributed by atoms with E-state index in [9.17, 15) is 4.79 Å². The van der Waals surface area contributed by atoms with E-state index in [0.29, 0.717) is 11.1 Å². The number of nitrogens with one attached hydrogen (secondary N) is 1. The molecule has 2 rings (SSSR count). The standard InChI is InChI=1S/C12H20N4OS/c1-3-14-11(18-2)12(17)16-6-4-15(5-7-16)10-8-13-9-10/h3,10,13H,1,4-9H2,2H3. The first kappa shape index (κ1) is 13.6. The molecule has 5 nitrogen and oxygen atoms in total. The summed E-state index contributed by atoms with van der Waals surface area (Å²) in [5, 5.41) is 3.81. The van der Waals surface area contributed by atoms with Gasteiger partial charge < -0.3 is 10.2 Å². The van der Waals surface area contributed by atoms with Crippen molar-refractivity contribution in [3.63, 3.8) is 0 Å². The van der Waals surface area contributed by atoms with Crippen LogP contribution in [0, 0.1) is 0 Å². The normalized spacial score (nSPS) is 22.7. The molecule has 2 aliphatic rings. The third-order valence-corrected chi connectivity index (χ3v) is 4.13. The van der Waals surface area contributed by atoms with Crippen molar-refractivity contribution >= 4 is 22.7 Å². The van der Waals surface area contributed by atoms with E-state index in [-0.39, 0.29) is 5.91 Å². The number of rotatable bonds is 2. The van der Waals surface area contributed by atoms with Crippen LogP contribution >= 0.6 is 11.8 Å². The van der Waals surface area contributed by atoms with E-state index in [4.69, 9.17) is 0 Å². The van der Waals surface area contributed by atoms with Crippen LogP contribution in [0.25, 0.3) is 0 Å². The van der Waals surface area contributed by atoms with E-state index in [0.717, 1.165) is 39.3 Å². The molecule has 2 heterocycles. The number of piperazine rings is 1. The molecule has 0 radical (unpaired) electrons. The summed E-state index contributed by atoms with van der Waals surface area (Å²) in [5.74, 6) is 0.0359. The molecule has 0 spiro atoms. The Morgan fingerprint density at radius 3 is 2.50 bits per heavy atom. The molecule has 2 saturated heterocycles. The van der Waals surface area contributed by atoms with Crippen LogP contribution in [0.2, 0.25) is 0 Å². The number of hydrogen-bond donors (Lipinski definition) is 1. The first-order valence-electron chi connectivity index (χ1n) is 6.23. The maximum absolute atomic E-state index is 12.2. The van der Waals surface area contributed by atoms with Gasteiger partial charge in [-0.15, -0.1) is 11.8 Å². The maximum atomic E-state index is 12.2. The second-order valence-electron chi connectivity index (χ2n) is 4.46. The smallest absolute Gasteiger partial charge is 0.279 e. The minimum atomic E-state index is 0.0359. The Morgan fingerprint density at radius 1 is 1.39 bits per heavy atom. The summed E-state index contributed by atoms with van der Waals surface area (Å²) in [6, 6.07) is 0.670. The molecule has 0 aromatic carbocycles. The highest BCUT2D eigenvalue weighted by Gasteiger charge is 2.30. The van der Waals surface area contributed by atoms with Gasteiger partial charge >= 0.3 is 0 Å². The molecule has 0 atom stereocenters. The molecule has 0 saturated carbocycles. The lowest BCUT2D eigenvalue weighted by Crippen LogP contribution is -2.62. The summed E-state index contributed by atoms with van der Waals surface area (Å²) in [6.45, 7) is 9.24. The fourth-order valence-corrected chi connectivity index (χ4v) is 2.72. The number of nitrogens with zero attached hydrogens (tertiary/aromatic N) is 3. The molecule has 0 aromatic heterocycles. The summed E-state index contributed by atoms with van der Waals surface area (Å²) in [5.41, 5.74) is 0. The molecule has 18 heavy (non-hydrogen) atoms. The van der Waals surface area contributed by atoms with Crippen molar-refractivity contribution in [1.29, 1.82) is 0 Å². The van der Waals surface area contributed by atoms with Gasteiger partial charge in [-0.2, -0.15) is 0 Å². The lowest BCUT2D eigenvalue weighted by molar-refractivity contribution is -0.125. The van der Waals surface area contributed by atoms with Crippen LogP contribution in [0.1, 0.15) is 0 Å². The van der Waals surface area contributed by atoms with Gasteiger partial charge in [0, 0.05) is 51.5 Å². The zero-order chi connectivity index (χ0) is 13.0. The summed E-state index contributed by atoms with van der Waals surface area (Å²) in [7, 11) is 0. The van der Waals surface area contributed by atoms with Crippen LogP contribution in [-0.4, -0.2) is 72.3 Å². The minimum absolute atomic E-state index is 0.0359. The van der Waals surface area contributed by atoms with Crippen molar-refractivity contribution in [3.8, 4) is 0 Å². The van der Waals surface area contributed by atoms with Gasteiger partial charge in [-0.1, -0.05) is 6.58 Å². The average Bonchev–Trinajstić information content (AvgIpc) is 2.34. The molecule has 0 unspecified atom stereocenters. The third kappa shape index (κ3) is 2.93. The van der Waals surface area contributed by atoms with Crippen LogP contribution in [-0.2, 0) is 4.79 Å². The summed E-state index contributed by atoms with van der Waals surface area (Å²) in [4.78, 5) is 20.6. The zero-order valence-corrected chi connectivity index (χ0v) is 11.6. The van der Waals surface area contributed by atoms with Gasteiger partial charge in [0.05, 0.1) is 0 Å². The van der Waals surface area contributed by atoms with Crippen LogP contribution in [0.3, 0.4) is 0 Å². The van der Waals surface area contributed by atoms with Crippen molar-refractivity contribution in [1.82, 2.24) is 15.1 Å². The monoisotopic (exact) mass is 268 g/mol. The Morgan fingerprint density at radius 2 is 2.06 bits per heavy atom. The number of thioether (sulfide) groups is 1. The Kier molecular flexibility index (Phi) is 4.79. The molecule has 2 aliphatic heterocycles. The topological polar surface area (TPSA) is 47.9 Å². The first-order valence-corrected chi connectivity index (χ1v) is 7.45. The number of carbonyl (C=O) groups is 1. The fourth-order valence-electron chi connectivity index (χ4n) is 2.24. The third-order valence-electron chi connectivity index (χ3n) is 3.46. The van der Waals surface area contributed by atoms with Crippen molar-refractivity contribution in [2.45, 2.75) is 6.04 Å². The molecule has 0 aliphatic carbocycles. The van der Waals surface area contributed by atoms with E-state index in [1.54, 1.807) is 0 Å². The van der Waals surface area contributed by atoms with Gasteiger partial charge in [0.1, 0.15) is 0 Å². The highest BCUT2D eigenvalue weighted by Crippen LogP contribution is 2.12.